The molecule has 0 aromatic carbocycles. The van der Waals surface area contributed by atoms with Crippen LogP contribution in [-0.4, -0.2) is 36.1 Å². The number of hydrogen-bond acceptors (Lipinski definition) is 2. The van der Waals surface area contributed by atoms with Gasteiger partial charge in [0.15, 0.2) is 0 Å². The van der Waals surface area contributed by atoms with Crippen LogP contribution in [0.4, 0.5) is 13.2 Å². The Morgan fingerprint density at radius 2 is 1.59 bits per heavy atom. The zero-order valence-corrected chi connectivity index (χ0v) is 11.0. The first-order chi connectivity index (χ1) is 7.29. The van der Waals surface area contributed by atoms with Gasteiger partial charge in [-0.3, -0.25) is 4.79 Å². The van der Waals surface area contributed by atoms with E-state index in [0.717, 1.165) is 4.90 Å². The van der Waals surface area contributed by atoms with Crippen molar-refractivity contribution >= 4 is 5.91 Å². The van der Waals surface area contributed by atoms with Crippen molar-refractivity contribution in [1.82, 2.24) is 4.90 Å². The molecule has 3 nitrogen and oxygen atoms in total. The minimum Gasteiger partial charge on any atom is -0.345 e. The molecule has 6 heteroatoms. The number of carbonyl (C=O) groups excluding carboxylic acids is 1. The molecule has 0 unspecified atom stereocenters. The summed E-state index contributed by atoms with van der Waals surface area (Å²) in [4.78, 5) is 13.1. The molecule has 0 aromatic rings. The average Bonchev–Trinajstić information content (AvgIpc) is 2.09. The highest BCUT2D eigenvalue weighted by atomic mass is 19.4. The SMILES string of the molecule is CN(CCC(F)(F)F)C(=O)C(C)(C)C(C)(C)N. The maximum absolute atomic E-state index is 12.0. The summed E-state index contributed by atoms with van der Waals surface area (Å²) in [5.41, 5.74) is 4.16. The second-order valence-electron chi connectivity index (χ2n) is 5.44. The van der Waals surface area contributed by atoms with E-state index in [1.807, 2.05) is 0 Å². The van der Waals surface area contributed by atoms with E-state index in [-0.39, 0.29) is 12.5 Å². The molecule has 0 spiro atoms. The summed E-state index contributed by atoms with van der Waals surface area (Å²) < 4.78 is 36.1. The van der Waals surface area contributed by atoms with E-state index >= 15 is 0 Å². The zero-order valence-electron chi connectivity index (χ0n) is 11.0. The van der Waals surface area contributed by atoms with Crippen LogP contribution < -0.4 is 5.73 Å². The fraction of sp³-hybridized carbons (Fsp3) is 0.909. The van der Waals surface area contributed by atoms with Crippen LogP contribution in [0.1, 0.15) is 34.1 Å². The van der Waals surface area contributed by atoms with E-state index in [2.05, 4.69) is 0 Å². The van der Waals surface area contributed by atoms with Crippen molar-refractivity contribution in [2.45, 2.75) is 45.8 Å². The fourth-order valence-corrected chi connectivity index (χ4v) is 1.15. The van der Waals surface area contributed by atoms with Gasteiger partial charge >= 0.3 is 6.18 Å². The number of alkyl halides is 3. The molecule has 0 radical (unpaired) electrons. The number of carbonyl (C=O) groups is 1. The molecule has 0 aliphatic heterocycles. The Kier molecular flexibility index (Phi) is 4.62. The molecule has 2 N–H and O–H groups in total. The van der Waals surface area contributed by atoms with Crippen molar-refractivity contribution in [2.75, 3.05) is 13.6 Å². The Hall–Kier alpha value is -0.780. The van der Waals surface area contributed by atoms with Crippen LogP contribution in [0.3, 0.4) is 0 Å². The van der Waals surface area contributed by atoms with E-state index in [1.54, 1.807) is 27.7 Å². The maximum Gasteiger partial charge on any atom is 0.390 e. The van der Waals surface area contributed by atoms with E-state index in [9.17, 15) is 18.0 Å². The molecule has 0 aromatic heterocycles. The molecule has 0 fully saturated rings. The molecule has 0 atom stereocenters. The molecule has 0 aliphatic carbocycles. The summed E-state index contributed by atoms with van der Waals surface area (Å²) in [6.45, 7) is 6.30. The van der Waals surface area contributed by atoms with Gasteiger partial charge in [-0.15, -0.1) is 0 Å². The fourth-order valence-electron chi connectivity index (χ4n) is 1.15. The maximum atomic E-state index is 12.0. The van der Waals surface area contributed by atoms with Gasteiger partial charge < -0.3 is 10.6 Å². The first-order valence-corrected chi connectivity index (χ1v) is 5.40. The van der Waals surface area contributed by atoms with Crippen LogP contribution in [-0.2, 0) is 4.79 Å². The van der Waals surface area contributed by atoms with E-state index < -0.39 is 23.6 Å². The lowest BCUT2D eigenvalue weighted by Gasteiger charge is -2.39. The van der Waals surface area contributed by atoms with Crippen LogP contribution in [0, 0.1) is 5.41 Å². The molecule has 102 valence electrons. The summed E-state index contributed by atoms with van der Waals surface area (Å²) in [6.07, 6.45) is -5.26. The van der Waals surface area contributed by atoms with Gasteiger partial charge in [0.05, 0.1) is 11.8 Å². The molecule has 0 rings (SSSR count). The van der Waals surface area contributed by atoms with Gasteiger partial charge in [-0.25, -0.2) is 0 Å². The van der Waals surface area contributed by atoms with Crippen LogP contribution >= 0.6 is 0 Å². The Balaban J connectivity index is 4.62. The third-order valence-corrected chi connectivity index (χ3v) is 3.22. The van der Waals surface area contributed by atoms with Gasteiger partial charge in [-0.1, -0.05) is 0 Å². The second-order valence-corrected chi connectivity index (χ2v) is 5.44. The first-order valence-electron chi connectivity index (χ1n) is 5.40. The lowest BCUT2D eigenvalue weighted by molar-refractivity contribution is -0.150. The third-order valence-electron chi connectivity index (χ3n) is 3.22. The molecule has 0 saturated carbocycles. The van der Waals surface area contributed by atoms with E-state index in [4.69, 9.17) is 5.73 Å². The van der Waals surface area contributed by atoms with Crippen molar-refractivity contribution in [1.29, 1.82) is 0 Å². The highest BCUT2D eigenvalue weighted by Crippen LogP contribution is 2.30. The van der Waals surface area contributed by atoms with E-state index in [0.29, 0.717) is 0 Å². The normalized spacial score (nSPS) is 13.7. The molecular weight excluding hydrogens is 233 g/mol. The molecule has 0 aliphatic rings. The summed E-state index contributed by atoms with van der Waals surface area (Å²) in [7, 11) is 1.36. The first kappa shape index (κ1) is 16.2. The number of nitrogens with zero attached hydrogens (tertiary/aromatic N) is 1. The minimum atomic E-state index is -4.25. The van der Waals surface area contributed by atoms with Crippen molar-refractivity contribution in [3.8, 4) is 0 Å². The van der Waals surface area contributed by atoms with Crippen molar-refractivity contribution in [2.24, 2.45) is 11.1 Å². The van der Waals surface area contributed by atoms with E-state index in [1.165, 1.54) is 7.05 Å². The monoisotopic (exact) mass is 254 g/mol. The molecule has 1 amide bonds. The quantitative estimate of drug-likeness (QED) is 0.835. The lowest BCUT2D eigenvalue weighted by Crippen LogP contribution is -2.56. The van der Waals surface area contributed by atoms with Gasteiger partial charge in [0.1, 0.15) is 0 Å². The van der Waals surface area contributed by atoms with Gasteiger partial charge in [-0.2, -0.15) is 13.2 Å². The van der Waals surface area contributed by atoms with Crippen LogP contribution in [0.25, 0.3) is 0 Å². The van der Waals surface area contributed by atoms with Crippen LogP contribution in [0.15, 0.2) is 0 Å². The highest BCUT2D eigenvalue weighted by Gasteiger charge is 2.42. The molecule has 0 saturated heterocycles. The number of halogens is 3. The van der Waals surface area contributed by atoms with Crippen molar-refractivity contribution < 1.29 is 18.0 Å². The number of rotatable bonds is 4. The number of nitrogens with two attached hydrogens (primary N) is 1. The summed E-state index contributed by atoms with van der Waals surface area (Å²) >= 11 is 0. The Morgan fingerprint density at radius 3 is 1.88 bits per heavy atom. The predicted molar refractivity (Wildman–Crippen MR) is 60.4 cm³/mol. The number of amides is 1. The minimum absolute atomic E-state index is 0.345. The van der Waals surface area contributed by atoms with Crippen molar-refractivity contribution in [3.63, 3.8) is 0 Å². The van der Waals surface area contributed by atoms with Crippen LogP contribution in [0.5, 0.6) is 0 Å². The average molecular weight is 254 g/mol. The zero-order chi connectivity index (χ0) is 14.1. The number of hydrogen-bond donors (Lipinski definition) is 1. The van der Waals surface area contributed by atoms with Gasteiger partial charge in [-0.05, 0) is 27.7 Å². The van der Waals surface area contributed by atoms with Crippen LogP contribution in [0.2, 0.25) is 0 Å². The third kappa shape index (κ3) is 4.53. The van der Waals surface area contributed by atoms with Gasteiger partial charge in [0.2, 0.25) is 5.91 Å². The summed E-state index contributed by atoms with van der Waals surface area (Å²) in [5, 5.41) is 0. The Labute approximate surface area is 100 Å². The Morgan fingerprint density at radius 1 is 1.18 bits per heavy atom. The topological polar surface area (TPSA) is 46.3 Å². The largest absolute Gasteiger partial charge is 0.390 e. The standard InChI is InChI=1S/C11H21F3N2O/c1-9(2,10(3,4)15)8(17)16(5)7-6-11(12,13)14/h6-7,15H2,1-5H3. The second kappa shape index (κ2) is 4.84. The predicted octanol–water partition coefficient (Wildman–Crippen LogP) is 2.16. The lowest BCUT2D eigenvalue weighted by atomic mass is 9.74. The smallest absolute Gasteiger partial charge is 0.345 e. The summed E-state index contributed by atoms with van der Waals surface area (Å²) in [5.74, 6) is -0.380. The Bertz CT molecular complexity index is 279. The highest BCUT2D eigenvalue weighted by molar-refractivity contribution is 5.83. The van der Waals surface area contributed by atoms with Crippen molar-refractivity contribution in [3.05, 3.63) is 0 Å². The van der Waals surface area contributed by atoms with Gasteiger partial charge in [0, 0.05) is 19.1 Å². The molecule has 17 heavy (non-hydrogen) atoms. The molecule has 0 heterocycles. The molecular formula is C11H21F3N2O. The summed E-state index contributed by atoms with van der Waals surface area (Å²) in [6, 6.07) is 0. The molecule has 0 bridgehead atoms. The van der Waals surface area contributed by atoms with Gasteiger partial charge in [0.25, 0.3) is 0 Å².